The fourth-order valence-electron chi connectivity index (χ4n) is 4.05. The molecule has 1 unspecified atom stereocenters. The molecular weight excluding hydrogens is 484 g/mol. The summed E-state index contributed by atoms with van der Waals surface area (Å²) < 4.78 is 5.21. The van der Waals surface area contributed by atoms with Crippen molar-refractivity contribution in [2.45, 2.75) is 87.3 Å². The van der Waals surface area contributed by atoms with E-state index in [1.54, 1.807) is 24.3 Å². The van der Waals surface area contributed by atoms with Gasteiger partial charge in [-0.25, -0.2) is 4.79 Å². The molecule has 1 rings (SSSR count). The van der Waals surface area contributed by atoms with Crippen LogP contribution in [0.15, 0.2) is 24.3 Å². The summed E-state index contributed by atoms with van der Waals surface area (Å²) in [7, 11) is 0. The minimum Gasteiger partial charge on any atom is -0.445 e. The molecule has 0 spiro atoms. The first kappa shape index (κ1) is 32.9. The van der Waals surface area contributed by atoms with Crippen LogP contribution in [-0.2, 0) is 25.7 Å². The van der Waals surface area contributed by atoms with Crippen LogP contribution >= 0.6 is 0 Å². The van der Waals surface area contributed by atoms with Crippen LogP contribution in [0.3, 0.4) is 0 Å². The van der Waals surface area contributed by atoms with Crippen LogP contribution in [-0.4, -0.2) is 42.9 Å². The molecule has 0 aliphatic rings. The van der Waals surface area contributed by atoms with E-state index in [1.165, 1.54) is 0 Å². The molecule has 0 aliphatic carbocycles. The largest absolute Gasteiger partial charge is 0.445 e. The van der Waals surface area contributed by atoms with Gasteiger partial charge in [0.2, 0.25) is 17.7 Å². The van der Waals surface area contributed by atoms with Crippen molar-refractivity contribution in [3.8, 4) is 0 Å². The van der Waals surface area contributed by atoms with E-state index < -0.39 is 29.4 Å². The van der Waals surface area contributed by atoms with E-state index in [0.717, 1.165) is 18.4 Å². The zero-order chi connectivity index (χ0) is 28.9. The van der Waals surface area contributed by atoms with E-state index in [1.807, 2.05) is 27.7 Å². The van der Waals surface area contributed by atoms with Crippen LogP contribution in [0.25, 0.3) is 0 Å². The minimum atomic E-state index is -0.742. The summed E-state index contributed by atoms with van der Waals surface area (Å²) in [6, 6.07) is 6.17. The quantitative estimate of drug-likeness (QED) is 0.245. The Morgan fingerprint density at radius 1 is 0.895 bits per heavy atom. The highest BCUT2D eigenvalue weighted by Gasteiger charge is 2.33. The smallest absolute Gasteiger partial charge is 0.407 e. The topological polar surface area (TPSA) is 126 Å². The first-order valence-corrected chi connectivity index (χ1v) is 13.6. The molecular formula is C29H48N4O5. The second-order valence-electron chi connectivity index (χ2n) is 11.7. The molecule has 0 bridgehead atoms. The van der Waals surface area contributed by atoms with Gasteiger partial charge in [-0.2, -0.15) is 0 Å². The standard InChI is InChI=1S/C29H48N4O5/c1-19(2)10-9-15-30-28(37)38-18-22-11-13-23(14-12-22)32-24(34)17-31-26(35)25(21(5)6)33-27(36)29(7,8)16-20(3)4/h11-14,19-21,25H,9-10,15-18H2,1-8H3,(H,30,37)(H,31,35)(H,32,34)(H,33,36). The van der Waals surface area contributed by atoms with Crippen molar-refractivity contribution in [3.05, 3.63) is 29.8 Å². The van der Waals surface area contributed by atoms with Gasteiger partial charge in [-0.05, 0) is 54.7 Å². The lowest BCUT2D eigenvalue weighted by atomic mass is 9.82. The zero-order valence-corrected chi connectivity index (χ0v) is 24.4. The maximum absolute atomic E-state index is 12.8. The number of hydrogen-bond donors (Lipinski definition) is 4. The monoisotopic (exact) mass is 532 g/mol. The average Bonchev–Trinajstić information content (AvgIpc) is 2.82. The normalized spacial score (nSPS) is 12.3. The third kappa shape index (κ3) is 12.9. The van der Waals surface area contributed by atoms with Gasteiger partial charge < -0.3 is 26.0 Å². The number of benzene rings is 1. The van der Waals surface area contributed by atoms with Crippen molar-refractivity contribution in [2.24, 2.45) is 23.2 Å². The van der Waals surface area contributed by atoms with E-state index in [2.05, 4.69) is 49.0 Å². The molecule has 1 aromatic carbocycles. The van der Waals surface area contributed by atoms with E-state index in [4.69, 9.17) is 4.74 Å². The van der Waals surface area contributed by atoms with Gasteiger partial charge in [0, 0.05) is 17.6 Å². The van der Waals surface area contributed by atoms with E-state index in [-0.39, 0.29) is 25.0 Å². The summed E-state index contributed by atoms with van der Waals surface area (Å²) in [5.41, 5.74) is 0.729. The van der Waals surface area contributed by atoms with Crippen molar-refractivity contribution in [1.82, 2.24) is 16.0 Å². The third-order valence-corrected chi connectivity index (χ3v) is 6.03. The molecule has 38 heavy (non-hydrogen) atoms. The molecule has 0 heterocycles. The van der Waals surface area contributed by atoms with Gasteiger partial charge in [0.15, 0.2) is 0 Å². The lowest BCUT2D eigenvalue weighted by Crippen LogP contribution is -2.53. The first-order valence-electron chi connectivity index (χ1n) is 13.6. The Kier molecular flexibility index (Phi) is 13.9. The van der Waals surface area contributed by atoms with Gasteiger partial charge in [0.1, 0.15) is 12.6 Å². The van der Waals surface area contributed by atoms with Crippen molar-refractivity contribution in [1.29, 1.82) is 0 Å². The Morgan fingerprint density at radius 3 is 2.08 bits per heavy atom. The predicted molar refractivity (Wildman–Crippen MR) is 150 cm³/mol. The fourth-order valence-corrected chi connectivity index (χ4v) is 4.05. The second-order valence-corrected chi connectivity index (χ2v) is 11.7. The Hall–Kier alpha value is -3.10. The minimum absolute atomic E-state index is 0.122. The number of alkyl carbamates (subject to hydrolysis) is 1. The summed E-state index contributed by atoms with van der Waals surface area (Å²) in [5.74, 6) is -0.182. The molecule has 0 aliphatic heterocycles. The summed E-state index contributed by atoms with van der Waals surface area (Å²) in [4.78, 5) is 49.7. The van der Waals surface area contributed by atoms with Crippen LogP contribution in [0.4, 0.5) is 10.5 Å². The van der Waals surface area contributed by atoms with Crippen LogP contribution < -0.4 is 21.3 Å². The van der Waals surface area contributed by atoms with Gasteiger partial charge in [-0.1, -0.05) is 67.5 Å². The van der Waals surface area contributed by atoms with Gasteiger partial charge >= 0.3 is 6.09 Å². The molecule has 4 N–H and O–H groups in total. The summed E-state index contributed by atoms with van der Waals surface area (Å²) >= 11 is 0. The van der Waals surface area contributed by atoms with E-state index in [9.17, 15) is 19.2 Å². The molecule has 0 fully saturated rings. The Balaban J connectivity index is 2.50. The second kappa shape index (κ2) is 16.0. The maximum Gasteiger partial charge on any atom is 0.407 e. The summed E-state index contributed by atoms with van der Waals surface area (Å²) in [5, 5.41) is 10.9. The molecule has 9 nitrogen and oxygen atoms in total. The van der Waals surface area contributed by atoms with Gasteiger partial charge in [0.25, 0.3) is 0 Å². The lowest BCUT2D eigenvalue weighted by Gasteiger charge is -2.29. The van der Waals surface area contributed by atoms with Crippen LogP contribution in [0.1, 0.15) is 80.2 Å². The maximum atomic E-state index is 12.8. The number of carbonyl (C=O) groups excluding carboxylic acids is 4. The number of ether oxygens (including phenoxy) is 1. The van der Waals surface area contributed by atoms with Crippen LogP contribution in [0.5, 0.6) is 0 Å². The molecule has 1 atom stereocenters. The Morgan fingerprint density at radius 2 is 1.53 bits per heavy atom. The van der Waals surface area contributed by atoms with Crippen molar-refractivity contribution >= 4 is 29.5 Å². The number of rotatable bonds is 15. The molecule has 0 saturated carbocycles. The van der Waals surface area contributed by atoms with Gasteiger partial charge in [-0.15, -0.1) is 0 Å². The molecule has 0 saturated heterocycles. The van der Waals surface area contributed by atoms with Gasteiger partial charge in [0.05, 0.1) is 6.54 Å². The number of hydrogen-bond acceptors (Lipinski definition) is 5. The van der Waals surface area contributed by atoms with Crippen molar-refractivity contribution in [2.75, 3.05) is 18.4 Å². The summed E-state index contributed by atoms with van der Waals surface area (Å²) in [6.45, 7) is 16.3. The Bertz CT molecular complexity index is 910. The molecule has 0 aromatic heterocycles. The highest BCUT2D eigenvalue weighted by atomic mass is 16.5. The predicted octanol–water partition coefficient (Wildman–Crippen LogP) is 4.62. The van der Waals surface area contributed by atoms with Gasteiger partial charge in [-0.3, -0.25) is 14.4 Å². The summed E-state index contributed by atoms with van der Waals surface area (Å²) in [6.07, 6.45) is 2.19. The number of anilines is 1. The first-order chi connectivity index (χ1) is 17.7. The highest BCUT2D eigenvalue weighted by molar-refractivity contribution is 5.96. The average molecular weight is 533 g/mol. The SMILES string of the molecule is CC(C)CCCNC(=O)OCc1ccc(NC(=O)CNC(=O)C(NC(=O)C(C)(C)CC(C)C)C(C)C)cc1. The zero-order valence-electron chi connectivity index (χ0n) is 24.4. The molecule has 4 amide bonds. The molecule has 0 radical (unpaired) electrons. The van der Waals surface area contributed by atoms with Crippen molar-refractivity contribution < 1.29 is 23.9 Å². The van der Waals surface area contributed by atoms with E-state index in [0.29, 0.717) is 30.5 Å². The van der Waals surface area contributed by atoms with Crippen LogP contribution in [0.2, 0.25) is 0 Å². The Labute approximate surface area is 228 Å². The molecule has 214 valence electrons. The molecule has 9 heteroatoms. The lowest BCUT2D eigenvalue weighted by molar-refractivity contribution is -0.135. The van der Waals surface area contributed by atoms with Crippen LogP contribution in [0, 0.1) is 23.2 Å². The highest BCUT2D eigenvalue weighted by Crippen LogP contribution is 2.26. The van der Waals surface area contributed by atoms with E-state index >= 15 is 0 Å². The fraction of sp³-hybridized carbons (Fsp3) is 0.655. The number of amides is 4. The third-order valence-electron chi connectivity index (χ3n) is 6.03. The van der Waals surface area contributed by atoms with Crippen molar-refractivity contribution in [3.63, 3.8) is 0 Å². The number of carbonyl (C=O) groups is 4. The molecule has 1 aromatic rings. The number of nitrogens with one attached hydrogen (secondary N) is 4.